The molecule has 0 aromatic carbocycles. The van der Waals surface area contributed by atoms with Crippen LogP contribution in [0.15, 0.2) is 0 Å². The summed E-state index contributed by atoms with van der Waals surface area (Å²) in [5, 5.41) is 0. The third-order valence-corrected chi connectivity index (χ3v) is 1.93. The maximum atomic E-state index is 11.0. The average Bonchev–Trinajstić information content (AvgIpc) is 2.34. The summed E-state index contributed by atoms with van der Waals surface area (Å²) in [6.45, 7) is 3.49. The molecule has 1 aliphatic rings. The van der Waals surface area contributed by atoms with Crippen LogP contribution in [-0.4, -0.2) is 36.6 Å². The summed E-state index contributed by atoms with van der Waals surface area (Å²) in [5.41, 5.74) is 5.03. The van der Waals surface area contributed by atoms with E-state index in [2.05, 4.69) is 0 Å². The van der Waals surface area contributed by atoms with E-state index in [1.165, 1.54) is 0 Å². The first-order valence-corrected chi connectivity index (χ1v) is 4.29. The van der Waals surface area contributed by atoms with Gasteiger partial charge in [0.1, 0.15) is 6.61 Å². The Kier molecular flexibility index (Phi) is 3.11. The highest BCUT2D eigenvalue weighted by atomic mass is 16.6. The smallest absolute Gasteiger partial charge is 0.409 e. The summed E-state index contributed by atoms with van der Waals surface area (Å²) in [4.78, 5) is 23.1. The van der Waals surface area contributed by atoms with Crippen LogP contribution in [-0.2, 0) is 9.53 Å². The zero-order chi connectivity index (χ0) is 9.84. The number of carbonyl (C=O) groups is 2. The Morgan fingerprint density at radius 2 is 2.46 bits per heavy atom. The van der Waals surface area contributed by atoms with Crippen molar-refractivity contribution in [2.24, 2.45) is 11.7 Å². The van der Waals surface area contributed by atoms with Gasteiger partial charge in [0.05, 0.1) is 6.54 Å². The van der Waals surface area contributed by atoms with Gasteiger partial charge in [0, 0.05) is 13.0 Å². The summed E-state index contributed by atoms with van der Waals surface area (Å²) < 4.78 is 4.74. The standard InChI is InChI=1S/C8H14N2O3/c1-6(4-7(9)11)5-10-2-3-13-8(10)12/h6H,2-5H2,1H3,(H2,9,11)/t6-/m1/s1. The quantitative estimate of drug-likeness (QED) is 0.669. The monoisotopic (exact) mass is 186 g/mol. The number of ether oxygens (including phenoxy) is 1. The molecule has 0 aromatic heterocycles. The molecule has 2 N–H and O–H groups in total. The summed E-state index contributed by atoms with van der Waals surface area (Å²) in [5.74, 6) is -0.233. The van der Waals surface area contributed by atoms with Crippen LogP contribution in [0.3, 0.4) is 0 Å². The molecule has 5 nitrogen and oxygen atoms in total. The number of carbonyl (C=O) groups excluding carboxylic acids is 2. The van der Waals surface area contributed by atoms with Gasteiger partial charge in [0.25, 0.3) is 0 Å². The van der Waals surface area contributed by atoms with E-state index in [0.717, 1.165) is 0 Å². The lowest BCUT2D eigenvalue weighted by Crippen LogP contribution is -2.31. The van der Waals surface area contributed by atoms with Gasteiger partial charge >= 0.3 is 6.09 Å². The fourth-order valence-corrected chi connectivity index (χ4v) is 1.38. The molecule has 1 heterocycles. The molecule has 0 aromatic rings. The van der Waals surface area contributed by atoms with Gasteiger partial charge in [0.15, 0.2) is 0 Å². The molecule has 0 unspecified atom stereocenters. The number of rotatable bonds is 4. The molecule has 1 rings (SSSR count). The Morgan fingerprint density at radius 3 is 2.92 bits per heavy atom. The lowest BCUT2D eigenvalue weighted by Gasteiger charge is -2.16. The average molecular weight is 186 g/mol. The van der Waals surface area contributed by atoms with Crippen molar-refractivity contribution in [3.63, 3.8) is 0 Å². The van der Waals surface area contributed by atoms with Crippen LogP contribution < -0.4 is 5.73 Å². The largest absolute Gasteiger partial charge is 0.448 e. The van der Waals surface area contributed by atoms with Gasteiger partial charge in [-0.2, -0.15) is 0 Å². The molecule has 0 radical (unpaired) electrons. The van der Waals surface area contributed by atoms with Gasteiger partial charge in [-0.3, -0.25) is 4.79 Å². The molecule has 13 heavy (non-hydrogen) atoms. The molecule has 0 spiro atoms. The first-order chi connectivity index (χ1) is 6.09. The maximum absolute atomic E-state index is 11.0. The van der Waals surface area contributed by atoms with Crippen molar-refractivity contribution in [2.45, 2.75) is 13.3 Å². The van der Waals surface area contributed by atoms with Gasteiger partial charge in [-0.15, -0.1) is 0 Å². The first kappa shape index (κ1) is 9.83. The molecule has 1 atom stereocenters. The predicted octanol–water partition coefficient (Wildman–Crippen LogP) is -0.0499. The predicted molar refractivity (Wildman–Crippen MR) is 45.9 cm³/mol. The molecule has 2 amide bonds. The summed E-state index contributed by atoms with van der Waals surface area (Å²) in [7, 11) is 0. The highest BCUT2D eigenvalue weighted by Crippen LogP contribution is 2.09. The third-order valence-electron chi connectivity index (χ3n) is 1.93. The minimum absolute atomic E-state index is 0.100. The normalized spacial score (nSPS) is 18.5. The topological polar surface area (TPSA) is 72.6 Å². The molecular weight excluding hydrogens is 172 g/mol. The third kappa shape index (κ3) is 2.93. The number of nitrogens with two attached hydrogens (primary N) is 1. The molecular formula is C8H14N2O3. The highest BCUT2D eigenvalue weighted by Gasteiger charge is 2.23. The second kappa shape index (κ2) is 4.11. The molecule has 1 aliphatic heterocycles. The second-order valence-corrected chi connectivity index (χ2v) is 3.34. The van der Waals surface area contributed by atoms with Gasteiger partial charge < -0.3 is 15.4 Å². The van der Waals surface area contributed by atoms with Crippen LogP contribution >= 0.6 is 0 Å². The van der Waals surface area contributed by atoms with Gasteiger partial charge in [0.2, 0.25) is 5.91 Å². The van der Waals surface area contributed by atoms with E-state index in [4.69, 9.17) is 10.5 Å². The minimum Gasteiger partial charge on any atom is -0.448 e. The SMILES string of the molecule is C[C@H](CC(N)=O)CN1CCOC1=O. The molecule has 0 saturated carbocycles. The van der Waals surface area contributed by atoms with Crippen LogP contribution in [0.1, 0.15) is 13.3 Å². The Hall–Kier alpha value is -1.26. The molecule has 0 aliphatic carbocycles. The highest BCUT2D eigenvalue weighted by molar-refractivity contribution is 5.74. The van der Waals surface area contributed by atoms with E-state index in [0.29, 0.717) is 26.1 Å². The van der Waals surface area contributed by atoms with Crippen LogP contribution in [0.2, 0.25) is 0 Å². The number of hydrogen-bond donors (Lipinski definition) is 1. The molecule has 0 bridgehead atoms. The Morgan fingerprint density at radius 1 is 1.77 bits per heavy atom. The van der Waals surface area contributed by atoms with Crippen molar-refractivity contribution in [1.82, 2.24) is 4.90 Å². The number of primary amides is 1. The lowest BCUT2D eigenvalue weighted by atomic mass is 10.1. The Labute approximate surface area is 76.8 Å². The number of cyclic esters (lactones) is 1. The molecule has 74 valence electrons. The van der Waals surface area contributed by atoms with Gasteiger partial charge in [-0.25, -0.2) is 4.79 Å². The summed E-state index contributed by atoms with van der Waals surface area (Å²) in [6.07, 6.45) is 0.0142. The summed E-state index contributed by atoms with van der Waals surface area (Å²) >= 11 is 0. The van der Waals surface area contributed by atoms with Crippen molar-refractivity contribution in [1.29, 1.82) is 0 Å². The fourth-order valence-electron chi connectivity index (χ4n) is 1.38. The number of nitrogens with zero attached hydrogens (tertiary/aromatic N) is 1. The van der Waals surface area contributed by atoms with Crippen LogP contribution in [0.25, 0.3) is 0 Å². The van der Waals surface area contributed by atoms with E-state index in [9.17, 15) is 9.59 Å². The zero-order valence-electron chi connectivity index (χ0n) is 7.66. The van der Waals surface area contributed by atoms with Gasteiger partial charge in [-0.1, -0.05) is 6.92 Å². The Balaban J connectivity index is 2.30. The van der Waals surface area contributed by atoms with Crippen molar-refractivity contribution >= 4 is 12.0 Å². The molecule has 5 heteroatoms. The van der Waals surface area contributed by atoms with Gasteiger partial charge in [-0.05, 0) is 5.92 Å². The minimum atomic E-state index is -0.333. The van der Waals surface area contributed by atoms with E-state index in [1.807, 2.05) is 6.92 Å². The summed E-state index contributed by atoms with van der Waals surface area (Å²) in [6, 6.07) is 0. The fraction of sp³-hybridized carbons (Fsp3) is 0.750. The van der Waals surface area contributed by atoms with Crippen molar-refractivity contribution in [2.75, 3.05) is 19.7 Å². The van der Waals surface area contributed by atoms with E-state index >= 15 is 0 Å². The lowest BCUT2D eigenvalue weighted by molar-refractivity contribution is -0.118. The number of hydrogen-bond acceptors (Lipinski definition) is 3. The van der Waals surface area contributed by atoms with E-state index in [-0.39, 0.29) is 17.9 Å². The van der Waals surface area contributed by atoms with E-state index < -0.39 is 0 Å². The van der Waals surface area contributed by atoms with E-state index in [1.54, 1.807) is 4.90 Å². The zero-order valence-corrected chi connectivity index (χ0v) is 7.66. The maximum Gasteiger partial charge on any atom is 0.409 e. The van der Waals surface area contributed by atoms with Crippen LogP contribution in [0, 0.1) is 5.92 Å². The van der Waals surface area contributed by atoms with Crippen LogP contribution in [0.5, 0.6) is 0 Å². The first-order valence-electron chi connectivity index (χ1n) is 4.29. The number of amides is 2. The van der Waals surface area contributed by atoms with Crippen LogP contribution in [0.4, 0.5) is 4.79 Å². The van der Waals surface area contributed by atoms with Crippen molar-refractivity contribution in [3.05, 3.63) is 0 Å². The van der Waals surface area contributed by atoms with Crippen molar-refractivity contribution in [3.8, 4) is 0 Å². The van der Waals surface area contributed by atoms with Crippen molar-refractivity contribution < 1.29 is 14.3 Å². The molecule has 1 saturated heterocycles. The second-order valence-electron chi connectivity index (χ2n) is 3.34. The molecule has 1 fully saturated rings. The Bertz CT molecular complexity index is 217.